The summed E-state index contributed by atoms with van der Waals surface area (Å²) in [5.74, 6) is -0.798. The lowest BCUT2D eigenvalue weighted by Crippen LogP contribution is -2.34. The zero-order valence-corrected chi connectivity index (χ0v) is 16.2. The van der Waals surface area contributed by atoms with Crippen LogP contribution in [0.4, 0.5) is 5.69 Å². The summed E-state index contributed by atoms with van der Waals surface area (Å²) >= 11 is 0. The number of carbonyl (C=O) groups is 3. The molecule has 148 valence electrons. The molecule has 0 unspecified atom stereocenters. The van der Waals surface area contributed by atoms with Gasteiger partial charge in [-0.1, -0.05) is 12.8 Å². The van der Waals surface area contributed by atoms with Gasteiger partial charge in [0.15, 0.2) is 5.65 Å². The molecule has 2 aromatic rings. The van der Waals surface area contributed by atoms with Crippen molar-refractivity contribution in [2.45, 2.75) is 52.0 Å². The normalized spacial score (nSPS) is 22.2. The van der Waals surface area contributed by atoms with E-state index >= 15 is 0 Å². The number of aromatic nitrogens is 3. The average Bonchev–Trinajstić information content (AvgIpc) is 3.20. The second kappa shape index (κ2) is 7.33. The highest BCUT2D eigenvalue weighted by atomic mass is 16.2. The van der Waals surface area contributed by atoms with Crippen molar-refractivity contribution in [2.75, 3.05) is 11.9 Å². The third kappa shape index (κ3) is 3.27. The van der Waals surface area contributed by atoms with Gasteiger partial charge in [0, 0.05) is 24.4 Å². The maximum absolute atomic E-state index is 12.5. The van der Waals surface area contributed by atoms with E-state index in [1.165, 1.54) is 4.90 Å². The number of imide groups is 1. The van der Waals surface area contributed by atoms with E-state index in [2.05, 4.69) is 15.4 Å². The molecule has 1 aliphatic carbocycles. The van der Waals surface area contributed by atoms with Gasteiger partial charge < -0.3 is 5.32 Å². The van der Waals surface area contributed by atoms with Crippen LogP contribution in [0.25, 0.3) is 11.0 Å². The van der Waals surface area contributed by atoms with E-state index in [9.17, 15) is 14.4 Å². The van der Waals surface area contributed by atoms with E-state index in [-0.39, 0.29) is 48.6 Å². The molecule has 2 aromatic heterocycles. The van der Waals surface area contributed by atoms with Gasteiger partial charge in [0.2, 0.25) is 17.7 Å². The van der Waals surface area contributed by atoms with Crippen molar-refractivity contribution >= 4 is 34.4 Å². The summed E-state index contributed by atoms with van der Waals surface area (Å²) in [7, 11) is 0. The lowest BCUT2D eigenvalue weighted by molar-refractivity contribution is -0.140. The van der Waals surface area contributed by atoms with Crippen molar-refractivity contribution in [1.82, 2.24) is 19.7 Å². The predicted octanol–water partition coefficient (Wildman–Crippen LogP) is 2.52. The van der Waals surface area contributed by atoms with Crippen molar-refractivity contribution in [1.29, 1.82) is 0 Å². The number of rotatable bonds is 5. The van der Waals surface area contributed by atoms with Gasteiger partial charge in [-0.2, -0.15) is 5.10 Å². The number of amides is 3. The van der Waals surface area contributed by atoms with Gasteiger partial charge in [-0.3, -0.25) is 19.3 Å². The fourth-order valence-corrected chi connectivity index (χ4v) is 4.27. The topological polar surface area (TPSA) is 97.2 Å². The standard InChI is InChI=1S/C20H25N5O3/c1-12(2)25-18-13(10-22-25)9-14(11-21-18)23-17(26)7-8-24-19(27)15-5-3-4-6-16(15)20(24)28/h9-12,15-16H,3-8H2,1-2H3,(H,23,26)/t15-,16-/m1/s1. The highest BCUT2D eigenvalue weighted by Crippen LogP contribution is 2.38. The number of hydrogen-bond acceptors (Lipinski definition) is 5. The van der Waals surface area contributed by atoms with E-state index in [0.29, 0.717) is 5.69 Å². The molecule has 0 radical (unpaired) electrons. The molecular formula is C20H25N5O3. The number of likely N-dealkylation sites (tertiary alicyclic amines) is 1. The van der Waals surface area contributed by atoms with Crippen LogP contribution in [0.5, 0.6) is 0 Å². The zero-order chi connectivity index (χ0) is 19.8. The molecule has 0 spiro atoms. The zero-order valence-electron chi connectivity index (χ0n) is 16.2. The molecule has 1 aliphatic heterocycles. The molecule has 2 atom stereocenters. The average molecular weight is 383 g/mol. The van der Waals surface area contributed by atoms with Crippen LogP contribution in [-0.2, 0) is 14.4 Å². The summed E-state index contributed by atoms with van der Waals surface area (Å²) < 4.78 is 1.82. The molecule has 28 heavy (non-hydrogen) atoms. The van der Waals surface area contributed by atoms with Crippen molar-refractivity contribution < 1.29 is 14.4 Å². The summed E-state index contributed by atoms with van der Waals surface area (Å²) in [6.45, 7) is 4.19. The highest BCUT2D eigenvalue weighted by molar-refractivity contribution is 6.05. The Morgan fingerprint density at radius 2 is 1.86 bits per heavy atom. The second-order valence-corrected chi connectivity index (χ2v) is 7.94. The third-order valence-corrected chi connectivity index (χ3v) is 5.70. The fourth-order valence-electron chi connectivity index (χ4n) is 4.27. The SMILES string of the molecule is CC(C)n1ncc2cc(NC(=O)CCN3C(=O)[C@@H]4CCCC[C@H]4C3=O)cnc21. The molecule has 0 aromatic carbocycles. The molecule has 1 saturated carbocycles. The quantitative estimate of drug-likeness (QED) is 0.800. The molecule has 4 rings (SSSR count). The molecule has 1 saturated heterocycles. The summed E-state index contributed by atoms with van der Waals surface area (Å²) in [5.41, 5.74) is 1.34. The molecule has 2 aliphatic rings. The van der Waals surface area contributed by atoms with Crippen molar-refractivity contribution in [3.63, 3.8) is 0 Å². The van der Waals surface area contributed by atoms with Gasteiger partial charge in [-0.25, -0.2) is 9.67 Å². The number of carbonyl (C=O) groups excluding carboxylic acids is 3. The van der Waals surface area contributed by atoms with Gasteiger partial charge in [-0.05, 0) is 32.8 Å². The highest BCUT2D eigenvalue weighted by Gasteiger charge is 2.47. The first kappa shape index (κ1) is 18.6. The Hall–Kier alpha value is -2.77. The van der Waals surface area contributed by atoms with Crippen molar-refractivity contribution in [3.8, 4) is 0 Å². The van der Waals surface area contributed by atoms with Crippen molar-refractivity contribution in [2.24, 2.45) is 11.8 Å². The van der Waals surface area contributed by atoms with Crippen LogP contribution in [0.2, 0.25) is 0 Å². The van der Waals surface area contributed by atoms with Gasteiger partial charge in [0.1, 0.15) is 0 Å². The van der Waals surface area contributed by atoms with Crippen molar-refractivity contribution in [3.05, 3.63) is 18.5 Å². The number of fused-ring (bicyclic) bond motifs is 2. The van der Waals surface area contributed by atoms with E-state index in [1.807, 2.05) is 24.6 Å². The molecule has 3 heterocycles. The minimum Gasteiger partial charge on any atom is -0.325 e. The van der Waals surface area contributed by atoms with Crippen LogP contribution in [0.3, 0.4) is 0 Å². The summed E-state index contributed by atoms with van der Waals surface area (Å²) in [5, 5.41) is 7.96. The Balaban J connectivity index is 1.37. The Morgan fingerprint density at radius 3 is 2.50 bits per heavy atom. The number of anilines is 1. The van der Waals surface area contributed by atoms with E-state index in [0.717, 1.165) is 36.7 Å². The fraction of sp³-hybridized carbons (Fsp3) is 0.550. The first-order chi connectivity index (χ1) is 13.5. The largest absolute Gasteiger partial charge is 0.325 e. The Morgan fingerprint density at radius 1 is 1.18 bits per heavy atom. The predicted molar refractivity (Wildman–Crippen MR) is 103 cm³/mol. The molecule has 2 fully saturated rings. The summed E-state index contributed by atoms with van der Waals surface area (Å²) in [6, 6.07) is 2.02. The van der Waals surface area contributed by atoms with E-state index in [4.69, 9.17) is 0 Å². The first-order valence-corrected chi connectivity index (χ1v) is 9.94. The minimum atomic E-state index is -0.243. The minimum absolute atomic E-state index is 0.0835. The number of pyridine rings is 1. The van der Waals surface area contributed by atoms with Gasteiger partial charge in [0.05, 0.1) is 29.9 Å². The molecule has 3 amide bonds. The van der Waals surface area contributed by atoms with Gasteiger partial charge >= 0.3 is 0 Å². The van der Waals surface area contributed by atoms with Crippen LogP contribution in [0.1, 0.15) is 52.0 Å². The second-order valence-electron chi connectivity index (χ2n) is 7.94. The van der Waals surface area contributed by atoms with Crippen LogP contribution < -0.4 is 5.32 Å². The third-order valence-electron chi connectivity index (χ3n) is 5.70. The van der Waals surface area contributed by atoms with E-state index in [1.54, 1.807) is 12.4 Å². The molecule has 8 nitrogen and oxygen atoms in total. The van der Waals surface area contributed by atoms with Crippen LogP contribution in [0.15, 0.2) is 18.5 Å². The maximum Gasteiger partial charge on any atom is 0.233 e. The number of nitrogens with zero attached hydrogens (tertiary/aromatic N) is 4. The monoisotopic (exact) mass is 383 g/mol. The van der Waals surface area contributed by atoms with Gasteiger partial charge in [-0.15, -0.1) is 0 Å². The van der Waals surface area contributed by atoms with E-state index < -0.39 is 0 Å². The first-order valence-electron chi connectivity index (χ1n) is 9.94. The van der Waals surface area contributed by atoms with Crippen LogP contribution >= 0.6 is 0 Å². The Bertz CT molecular complexity index is 911. The smallest absolute Gasteiger partial charge is 0.233 e. The number of nitrogens with one attached hydrogen (secondary N) is 1. The molecule has 1 N–H and O–H groups in total. The Kier molecular flexibility index (Phi) is 4.87. The van der Waals surface area contributed by atoms with Crippen LogP contribution in [-0.4, -0.2) is 43.9 Å². The Labute approximate surface area is 163 Å². The summed E-state index contributed by atoms with van der Waals surface area (Å²) in [6.07, 6.45) is 6.97. The molecular weight excluding hydrogens is 358 g/mol. The molecule has 8 heteroatoms. The maximum atomic E-state index is 12.5. The number of hydrogen-bond donors (Lipinski definition) is 1. The van der Waals surface area contributed by atoms with Crippen LogP contribution in [0, 0.1) is 11.8 Å². The lowest BCUT2D eigenvalue weighted by Gasteiger charge is -2.19. The lowest BCUT2D eigenvalue weighted by atomic mass is 9.81. The van der Waals surface area contributed by atoms with Gasteiger partial charge in [0.25, 0.3) is 0 Å². The molecule has 0 bridgehead atoms. The summed E-state index contributed by atoms with van der Waals surface area (Å²) in [4.78, 5) is 43.0.